The van der Waals surface area contributed by atoms with Gasteiger partial charge in [-0.25, -0.2) is 0 Å². The monoisotopic (exact) mass is 476 g/mol. The number of nitrogens with one attached hydrogen (secondary N) is 1. The highest BCUT2D eigenvalue weighted by Crippen LogP contribution is 2.31. The molecule has 0 spiro atoms. The smallest absolute Gasteiger partial charge is 0.273 e. The van der Waals surface area contributed by atoms with Crippen LogP contribution in [0, 0.1) is 0 Å². The van der Waals surface area contributed by atoms with Gasteiger partial charge < -0.3 is 19.7 Å². The maximum absolute atomic E-state index is 13.8. The third-order valence-corrected chi connectivity index (χ3v) is 6.24. The molecule has 0 radical (unpaired) electrons. The van der Waals surface area contributed by atoms with Crippen molar-refractivity contribution >= 4 is 11.8 Å². The summed E-state index contributed by atoms with van der Waals surface area (Å²) in [7, 11) is 1.63. The van der Waals surface area contributed by atoms with Gasteiger partial charge in [0.2, 0.25) is 5.91 Å². The van der Waals surface area contributed by atoms with Crippen molar-refractivity contribution in [2.45, 2.75) is 38.9 Å². The van der Waals surface area contributed by atoms with Crippen molar-refractivity contribution in [3.8, 4) is 17.0 Å². The zero-order valence-corrected chi connectivity index (χ0v) is 20.5. The average Bonchev–Trinajstić information content (AvgIpc) is 3.30. The molecule has 1 atom stereocenters. The van der Waals surface area contributed by atoms with E-state index in [1.165, 1.54) is 0 Å². The maximum atomic E-state index is 13.8. The summed E-state index contributed by atoms with van der Waals surface area (Å²) in [5, 5.41) is 7.67. The van der Waals surface area contributed by atoms with E-state index in [1.54, 1.807) is 29.7 Å². The molecule has 0 saturated heterocycles. The Morgan fingerprint density at radius 1 is 1.14 bits per heavy atom. The van der Waals surface area contributed by atoms with Gasteiger partial charge in [0.25, 0.3) is 5.91 Å². The molecule has 2 amide bonds. The van der Waals surface area contributed by atoms with Crippen LogP contribution >= 0.6 is 0 Å². The molecule has 2 heterocycles. The van der Waals surface area contributed by atoms with Crippen molar-refractivity contribution in [3.63, 3.8) is 0 Å². The summed E-state index contributed by atoms with van der Waals surface area (Å²) in [5.41, 5.74) is 1.90. The molecule has 0 fully saturated rings. The van der Waals surface area contributed by atoms with Crippen LogP contribution in [0.1, 0.15) is 36.3 Å². The highest BCUT2D eigenvalue weighted by Gasteiger charge is 2.47. The van der Waals surface area contributed by atoms with Gasteiger partial charge >= 0.3 is 0 Å². The predicted molar refractivity (Wildman–Crippen MR) is 133 cm³/mol. The molecule has 1 aliphatic rings. The van der Waals surface area contributed by atoms with E-state index in [9.17, 15) is 9.59 Å². The Balaban J connectivity index is 1.66. The van der Waals surface area contributed by atoms with Crippen molar-refractivity contribution in [1.29, 1.82) is 0 Å². The van der Waals surface area contributed by atoms with E-state index in [0.717, 1.165) is 16.9 Å². The van der Waals surface area contributed by atoms with Crippen LogP contribution in [0.2, 0.25) is 0 Å². The van der Waals surface area contributed by atoms with Crippen LogP contribution in [0.4, 0.5) is 0 Å². The first-order valence-electron chi connectivity index (χ1n) is 11.9. The van der Waals surface area contributed by atoms with Crippen LogP contribution < -0.4 is 10.1 Å². The fraction of sp³-hybridized carbons (Fsp3) is 0.370. The summed E-state index contributed by atoms with van der Waals surface area (Å²) in [6.07, 6.45) is 0.691. The average molecular weight is 477 g/mol. The molecule has 1 aromatic heterocycles. The van der Waals surface area contributed by atoms with E-state index in [2.05, 4.69) is 10.4 Å². The summed E-state index contributed by atoms with van der Waals surface area (Å²) in [6, 6.07) is 19.1. The van der Waals surface area contributed by atoms with Crippen LogP contribution in [-0.2, 0) is 22.6 Å². The van der Waals surface area contributed by atoms with Crippen LogP contribution in [0.5, 0.6) is 5.75 Å². The topological polar surface area (TPSA) is 85.7 Å². The highest BCUT2D eigenvalue weighted by molar-refractivity contribution is 6.00. The van der Waals surface area contributed by atoms with E-state index < -0.39 is 5.54 Å². The summed E-state index contributed by atoms with van der Waals surface area (Å²) in [6.45, 7) is 5.89. The number of aromatic nitrogens is 2. The van der Waals surface area contributed by atoms with Gasteiger partial charge in [-0.1, -0.05) is 42.5 Å². The van der Waals surface area contributed by atoms with E-state index in [0.29, 0.717) is 44.1 Å². The van der Waals surface area contributed by atoms with Crippen molar-refractivity contribution in [3.05, 3.63) is 71.9 Å². The molecule has 4 rings (SSSR count). The number of benzene rings is 2. The lowest BCUT2D eigenvalue weighted by Crippen LogP contribution is -2.63. The van der Waals surface area contributed by atoms with Crippen LogP contribution in [0.3, 0.4) is 0 Å². The number of methoxy groups -OCH3 is 1. The largest absolute Gasteiger partial charge is 0.494 e. The highest BCUT2D eigenvalue weighted by atomic mass is 16.5. The minimum atomic E-state index is -1.12. The molecule has 0 saturated carbocycles. The zero-order valence-electron chi connectivity index (χ0n) is 20.5. The Bertz CT molecular complexity index is 1160. The molecule has 0 unspecified atom stereocenters. The van der Waals surface area contributed by atoms with E-state index in [4.69, 9.17) is 9.47 Å². The molecule has 184 valence electrons. The van der Waals surface area contributed by atoms with Gasteiger partial charge in [-0.15, -0.1) is 0 Å². The quantitative estimate of drug-likeness (QED) is 0.453. The minimum absolute atomic E-state index is 0.213. The lowest BCUT2D eigenvalue weighted by atomic mass is 9.94. The molecule has 8 heteroatoms. The van der Waals surface area contributed by atoms with Gasteiger partial charge in [0.15, 0.2) is 0 Å². The molecular weight excluding hydrogens is 444 g/mol. The molecule has 0 aliphatic carbocycles. The summed E-state index contributed by atoms with van der Waals surface area (Å²) in [4.78, 5) is 28.9. The summed E-state index contributed by atoms with van der Waals surface area (Å²) in [5.74, 6) is 0.329. The molecule has 1 aliphatic heterocycles. The standard InChI is InChI=1S/C27H32N4O4/c1-4-35-22-13-11-20(12-14-22)18-30-25(32)24-17-23(21-9-6-5-7-10-21)29-31(24)19-27(30,2)26(33)28-15-8-16-34-3/h5-7,9-14,17H,4,8,15-16,18-19H2,1-3H3,(H,28,33)/t27-/m0/s1. The number of hydrogen-bond acceptors (Lipinski definition) is 5. The molecule has 3 aromatic rings. The second kappa shape index (κ2) is 10.7. The third-order valence-electron chi connectivity index (χ3n) is 6.24. The first kappa shape index (κ1) is 24.5. The second-order valence-corrected chi connectivity index (χ2v) is 8.78. The van der Waals surface area contributed by atoms with Gasteiger partial charge in [0.1, 0.15) is 17.0 Å². The Morgan fingerprint density at radius 3 is 2.57 bits per heavy atom. The second-order valence-electron chi connectivity index (χ2n) is 8.78. The van der Waals surface area contributed by atoms with E-state index in [-0.39, 0.29) is 18.4 Å². The SMILES string of the molecule is CCOc1ccc(CN2C(=O)c3cc(-c4ccccc4)nn3C[C@@]2(C)C(=O)NCCCOC)cc1. The molecule has 2 aromatic carbocycles. The van der Waals surface area contributed by atoms with E-state index >= 15 is 0 Å². The van der Waals surface area contributed by atoms with Gasteiger partial charge in [-0.3, -0.25) is 14.3 Å². The number of hydrogen-bond donors (Lipinski definition) is 1. The van der Waals surface area contributed by atoms with Crippen molar-refractivity contribution in [2.75, 3.05) is 26.9 Å². The fourth-order valence-electron chi connectivity index (χ4n) is 4.29. The number of amides is 2. The number of fused-ring (bicyclic) bond motifs is 1. The Labute approximate surface area is 205 Å². The van der Waals surface area contributed by atoms with Gasteiger partial charge in [-0.2, -0.15) is 5.10 Å². The van der Waals surface area contributed by atoms with Gasteiger partial charge in [0, 0.05) is 32.4 Å². The molecule has 1 N–H and O–H groups in total. The zero-order chi connectivity index (χ0) is 24.8. The van der Waals surface area contributed by atoms with Gasteiger partial charge in [-0.05, 0) is 44.0 Å². The Morgan fingerprint density at radius 2 is 1.89 bits per heavy atom. The van der Waals surface area contributed by atoms with Crippen molar-refractivity contribution < 1.29 is 19.1 Å². The number of carbonyl (C=O) groups is 2. The number of nitrogens with zero attached hydrogens (tertiary/aromatic N) is 3. The molecule has 8 nitrogen and oxygen atoms in total. The normalized spacial score (nSPS) is 17.2. The Hall–Kier alpha value is -3.65. The van der Waals surface area contributed by atoms with Crippen molar-refractivity contribution in [1.82, 2.24) is 20.0 Å². The lowest BCUT2D eigenvalue weighted by molar-refractivity contribution is -0.133. The number of rotatable bonds is 10. The third kappa shape index (κ3) is 5.22. The van der Waals surface area contributed by atoms with Crippen LogP contribution in [0.15, 0.2) is 60.7 Å². The summed E-state index contributed by atoms with van der Waals surface area (Å²) < 4.78 is 12.3. The molecule has 0 bridgehead atoms. The number of ether oxygens (including phenoxy) is 2. The minimum Gasteiger partial charge on any atom is -0.494 e. The number of carbonyl (C=O) groups excluding carboxylic acids is 2. The maximum Gasteiger partial charge on any atom is 0.273 e. The first-order chi connectivity index (χ1) is 17.0. The Kier molecular flexibility index (Phi) is 7.51. The van der Waals surface area contributed by atoms with Gasteiger partial charge in [0.05, 0.1) is 18.8 Å². The van der Waals surface area contributed by atoms with Crippen LogP contribution in [0.25, 0.3) is 11.3 Å². The van der Waals surface area contributed by atoms with Crippen molar-refractivity contribution in [2.24, 2.45) is 0 Å². The van der Waals surface area contributed by atoms with Crippen LogP contribution in [-0.4, -0.2) is 58.9 Å². The lowest BCUT2D eigenvalue weighted by Gasteiger charge is -2.43. The molecule has 35 heavy (non-hydrogen) atoms. The molecular formula is C27H32N4O4. The summed E-state index contributed by atoms with van der Waals surface area (Å²) >= 11 is 0. The fourth-order valence-corrected chi connectivity index (χ4v) is 4.29. The first-order valence-corrected chi connectivity index (χ1v) is 11.9. The van der Waals surface area contributed by atoms with E-state index in [1.807, 2.05) is 61.5 Å². The predicted octanol–water partition coefficient (Wildman–Crippen LogP) is 3.52.